The lowest BCUT2D eigenvalue weighted by Crippen LogP contribution is -2.21. The van der Waals surface area contributed by atoms with Crippen LogP contribution in [0.2, 0.25) is 0 Å². The van der Waals surface area contributed by atoms with Crippen LogP contribution in [0.25, 0.3) is 11.4 Å². The first-order chi connectivity index (χ1) is 13.0. The van der Waals surface area contributed by atoms with Crippen LogP contribution >= 0.6 is 28.1 Å². The fraction of sp³-hybridized carbons (Fsp3) is 0.211. The molecule has 3 aromatic rings. The minimum absolute atomic E-state index is 0.141. The average molecular weight is 446 g/mol. The lowest BCUT2D eigenvalue weighted by Gasteiger charge is -2.20. The van der Waals surface area contributed by atoms with E-state index in [1.807, 2.05) is 12.1 Å². The second-order valence-corrected chi connectivity index (χ2v) is 7.13. The van der Waals surface area contributed by atoms with E-state index in [0.29, 0.717) is 16.2 Å². The molecule has 3 rings (SSSR count). The molecule has 1 aromatic heterocycles. The summed E-state index contributed by atoms with van der Waals surface area (Å²) >= 11 is 8.69. The Balaban J connectivity index is 1.94. The van der Waals surface area contributed by atoms with Crippen LogP contribution in [0, 0.1) is 4.77 Å². The van der Waals surface area contributed by atoms with Gasteiger partial charge in [0.1, 0.15) is 5.75 Å². The van der Waals surface area contributed by atoms with Gasteiger partial charge >= 0.3 is 0 Å². The van der Waals surface area contributed by atoms with Crippen molar-refractivity contribution in [1.29, 1.82) is 0 Å². The van der Waals surface area contributed by atoms with Crippen molar-refractivity contribution < 1.29 is 5.11 Å². The number of anilines is 1. The number of phenols is 1. The summed E-state index contributed by atoms with van der Waals surface area (Å²) in [6, 6.07) is 13.3. The van der Waals surface area contributed by atoms with Crippen molar-refractivity contribution in [2.45, 2.75) is 13.8 Å². The van der Waals surface area contributed by atoms with Crippen LogP contribution in [0.4, 0.5) is 5.69 Å². The maximum Gasteiger partial charge on any atom is 0.216 e. The predicted octanol–water partition coefficient (Wildman–Crippen LogP) is 4.80. The number of H-pyrrole nitrogens is 1. The Hall–Kier alpha value is -2.45. The molecule has 0 amide bonds. The highest BCUT2D eigenvalue weighted by Gasteiger charge is 2.10. The number of halogens is 1. The van der Waals surface area contributed by atoms with E-state index in [4.69, 9.17) is 12.2 Å². The molecule has 0 aliphatic heterocycles. The Morgan fingerprint density at radius 1 is 1.22 bits per heavy atom. The van der Waals surface area contributed by atoms with Crippen LogP contribution in [-0.2, 0) is 0 Å². The molecule has 2 N–H and O–H groups in total. The summed E-state index contributed by atoms with van der Waals surface area (Å²) in [6.45, 7) is 6.17. The molecular weight excluding hydrogens is 426 g/mol. The highest BCUT2D eigenvalue weighted by molar-refractivity contribution is 9.10. The molecule has 1 heterocycles. The summed E-state index contributed by atoms with van der Waals surface area (Å²) in [4.78, 5) is 2.27. The van der Waals surface area contributed by atoms with Crippen molar-refractivity contribution in [3.63, 3.8) is 0 Å². The van der Waals surface area contributed by atoms with Crippen molar-refractivity contribution in [2.75, 3.05) is 18.0 Å². The smallest absolute Gasteiger partial charge is 0.216 e. The van der Waals surface area contributed by atoms with Crippen LogP contribution in [0.1, 0.15) is 19.4 Å². The average Bonchev–Trinajstić information content (AvgIpc) is 3.04. The Bertz CT molecular complexity index is 1010. The third-order valence-electron chi connectivity index (χ3n) is 4.21. The van der Waals surface area contributed by atoms with E-state index in [0.717, 1.165) is 28.8 Å². The Morgan fingerprint density at radius 3 is 2.59 bits per heavy atom. The normalized spacial score (nSPS) is 11.2. The molecule has 6 nitrogen and oxygen atoms in total. The van der Waals surface area contributed by atoms with Crippen LogP contribution < -0.4 is 4.90 Å². The molecule has 0 aliphatic rings. The predicted molar refractivity (Wildman–Crippen MR) is 115 cm³/mol. The number of rotatable bonds is 6. The van der Waals surface area contributed by atoms with E-state index in [1.165, 1.54) is 0 Å². The molecule has 8 heteroatoms. The van der Waals surface area contributed by atoms with Gasteiger partial charge in [0.25, 0.3) is 0 Å². The first-order valence-electron chi connectivity index (χ1n) is 8.59. The molecule has 0 fully saturated rings. The second kappa shape index (κ2) is 8.49. The number of phenolic OH excluding ortho intramolecular Hbond substituents is 1. The Morgan fingerprint density at radius 2 is 1.93 bits per heavy atom. The zero-order chi connectivity index (χ0) is 19.4. The number of nitrogens with one attached hydrogen (secondary N) is 1. The SMILES string of the molecule is CCN(CC)c1ccc(-c2n[nH]c(=S)n2/N=C/c2cc(Br)ccc2O)cc1. The van der Waals surface area contributed by atoms with E-state index >= 15 is 0 Å². The van der Waals surface area contributed by atoms with Gasteiger partial charge in [-0.15, -0.1) is 0 Å². The third-order valence-corrected chi connectivity index (χ3v) is 4.96. The fourth-order valence-corrected chi connectivity index (χ4v) is 3.30. The number of aromatic nitrogens is 3. The minimum atomic E-state index is 0.141. The van der Waals surface area contributed by atoms with Gasteiger partial charge in [-0.05, 0) is 68.5 Å². The first-order valence-corrected chi connectivity index (χ1v) is 9.79. The van der Waals surface area contributed by atoms with Gasteiger partial charge in [-0.2, -0.15) is 14.9 Å². The van der Waals surface area contributed by atoms with Gasteiger partial charge in [-0.1, -0.05) is 15.9 Å². The molecule has 140 valence electrons. The van der Waals surface area contributed by atoms with E-state index in [-0.39, 0.29) is 5.75 Å². The summed E-state index contributed by atoms with van der Waals surface area (Å²) in [5.41, 5.74) is 2.64. The summed E-state index contributed by atoms with van der Waals surface area (Å²) in [5, 5.41) is 21.5. The molecule has 0 atom stereocenters. The van der Waals surface area contributed by atoms with Gasteiger partial charge in [0.05, 0.1) is 6.21 Å². The van der Waals surface area contributed by atoms with Crippen LogP contribution in [0.5, 0.6) is 5.75 Å². The largest absolute Gasteiger partial charge is 0.507 e. The summed E-state index contributed by atoms with van der Waals surface area (Å²) in [6.07, 6.45) is 1.55. The van der Waals surface area contributed by atoms with Gasteiger partial charge in [0.15, 0.2) is 5.82 Å². The number of aromatic amines is 1. The molecule has 2 aromatic carbocycles. The van der Waals surface area contributed by atoms with E-state index in [1.54, 1.807) is 29.1 Å². The van der Waals surface area contributed by atoms with Crippen LogP contribution in [0.3, 0.4) is 0 Å². The molecule has 0 unspecified atom stereocenters. The second-order valence-electron chi connectivity index (χ2n) is 5.83. The van der Waals surface area contributed by atoms with Gasteiger partial charge in [-0.25, -0.2) is 5.10 Å². The lowest BCUT2D eigenvalue weighted by atomic mass is 10.2. The molecule has 0 bridgehead atoms. The Labute approximate surface area is 171 Å². The van der Waals surface area contributed by atoms with Gasteiger partial charge in [0, 0.05) is 34.4 Å². The van der Waals surface area contributed by atoms with Crippen molar-refractivity contribution in [3.05, 3.63) is 57.3 Å². The zero-order valence-electron chi connectivity index (χ0n) is 15.1. The number of benzene rings is 2. The third kappa shape index (κ3) is 4.28. The monoisotopic (exact) mass is 445 g/mol. The fourth-order valence-electron chi connectivity index (χ4n) is 2.74. The molecule has 0 saturated heterocycles. The summed E-state index contributed by atoms with van der Waals surface area (Å²) in [5.74, 6) is 0.749. The number of aromatic hydroxyl groups is 1. The van der Waals surface area contributed by atoms with E-state index < -0.39 is 0 Å². The number of nitrogens with zero attached hydrogens (tertiary/aromatic N) is 4. The molecular formula is C19H20BrN5OS. The summed E-state index contributed by atoms with van der Waals surface area (Å²) in [7, 11) is 0. The van der Waals surface area contributed by atoms with Gasteiger partial charge in [0.2, 0.25) is 4.77 Å². The van der Waals surface area contributed by atoms with E-state index in [2.05, 4.69) is 62.1 Å². The van der Waals surface area contributed by atoms with Crippen molar-refractivity contribution >= 4 is 40.0 Å². The molecule has 0 spiro atoms. The molecule has 0 aliphatic carbocycles. The van der Waals surface area contributed by atoms with Crippen LogP contribution in [0.15, 0.2) is 52.0 Å². The van der Waals surface area contributed by atoms with Crippen molar-refractivity contribution in [3.8, 4) is 17.1 Å². The highest BCUT2D eigenvalue weighted by atomic mass is 79.9. The minimum Gasteiger partial charge on any atom is -0.507 e. The number of hydrogen-bond acceptors (Lipinski definition) is 5. The molecule has 0 saturated carbocycles. The first kappa shape index (κ1) is 19.3. The standard InChI is InChI=1S/C19H20BrN5OS/c1-3-24(4-2)16-8-5-13(6-9-16)18-22-23-19(27)25(18)21-12-14-11-15(20)7-10-17(14)26/h5-12,26H,3-4H2,1-2H3,(H,23,27)/b21-12+. The van der Waals surface area contributed by atoms with Crippen molar-refractivity contribution in [2.24, 2.45) is 5.10 Å². The van der Waals surface area contributed by atoms with Gasteiger partial charge in [-0.3, -0.25) is 0 Å². The molecule has 27 heavy (non-hydrogen) atoms. The number of hydrogen-bond donors (Lipinski definition) is 2. The zero-order valence-corrected chi connectivity index (χ0v) is 17.5. The Kier molecular flexibility index (Phi) is 6.08. The maximum absolute atomic E-state index is 9.97. The highest BCUT2D eigenvalue weighted by Crippen LogP contribution is 2.23. The summed E-state index contributed by atoms with van der Waals surface area (Å²) < 4.78 is 2.77. The van der Waals surface area contributed by atoms with E-state index in [9.17, 15) is 5.11 Å². The van der Waals surface area contributed by atoms with Crippen LogP contribution in [-0.4, -0.2) is 39.3 Å². The van der Waals surface area contributed by atoms with Gasteiger partial charge < -0.3 is 10.0 Å². The van der Waals surface area contributed by atoms with Crippen molar-refractivity contribution in [1.82, 2.24) is 14.9 Å². The molecule has 0 radical (unpaired) electrons. The maximum atomic E-state index is 9.97. The quantitative estimate of drug-likeness (QED) is 0.422. The topological polar surface area (TPSA) is 69.4 Å². The lowest BCUT2D eigenvalue weighted by molar-refractivity contribution is 0.474.